The third-order valence-electron chi connectivity index (χ3n) is 4.80. The standard InChI is InChI=1S/C21H24N4O5S.ClH/c1-15-7-9-21(10-8-15)31(29,30)24(18-5-4-6-19(12-18)25(27)28)14-20(26)13-23-17(3)11-16(2)22-23;/h4-12,20,26H,13-14H2,1-3H3;1H. The van der Waals surface area contributed by atoms with Gasteiger partial charge in [-0.3, -0.25) is 19.1 Å². The van der Waals surface area contributed by atoms with Crippen molar-refractivity contribution in [3.05, 3.63) is 81.7 Å². The number of hydrogen-bond acceptors (Lipinski definition) is 6. The lowest BCUT2D eigenvalue weighted by Gasteiger charge is -2.27. The molecule has 0 aliphatic carbocycles. The molecule has 0 aliphatic heterocycles. The number of halogens is 1. The molecule has 3 rings (SSSR count). The Bertz CT molecular complexity index is 1200. The van der Waals surface area contributed by atoms with Crippen molar-refractivity contribution in [2.45, 2.75) is 38.3 Å². The SMILES string of the molecule is Cc1ccc(S(=O)(=O)N(CC(O)Cn2nc(C)cc2C)c2cccc([N+](=O)[O-])c2)cc1.Cl. The van der Waals surface area contributed by atoms with Crippen molar-refractivity contribution in [3.63, 3.8) is 0 Å². The van der Waals surface area contributed by atoms with Gasteiger partial charge in [0.2, 0.25) is 0 Å². The van der Waals surface area contributed by atoms with Crippen LogP contribution in [0.25, 0.3) is 0 Å². The fourth-order valence-electron chi connectivity index (χ4n) is 3.25. The number of aromatic nitrogens is 2. The Kier molecular flexibility index (Phi) is 8.00. The molecule has 0 saturated heterocycles. The van der Waals surface area contributed by atoms with E-state index in [9.17, 15) is 23.6 Å². The van der Waals surface area contributed by atoms with Crippen LogP contribution in [0.5, 0.6) is 0 Å². The van der Waals surface area contributed by atoms with E-state index in [1.54, 1.807) is 16.8 Å². The summed E-state index contributed by atoms with van der Waals surface area (Å²) in [5.41, 5.74) is 2.37. The highest BCUT2D eigenvalue weighted by atomic mass is 35.5. The van der Waals surface area contributed by atoms with Gasteiger partial charge >= 0.3 is 0 Å². The number of anilines is 1. The second-order valence-corrected chi connectivity index (χ2v) is 9.25. The van der Waals surface area contributed by atoms with E-state index in [1.165, 1.54) is 36.4 Å². The van der Waals surface area contributed by atoms with Crippen LogP contribution >= 0.6 is 12.4 Å². The fourth-order valence-corrected chi connectivity index (χ4v) is 4.74. The average molecular weight is 481 g/mol. The number of benzene rings is 2. The zero-order valence-electron chi connectivity index (χ0n) is 17.9. The molecule has 0 amide bonds. The molecule has 0 spiro atoms. The van der Waals surface area contributed by atoms with Crippen LogP contribution in [0.15, 0.2) is 59.5 Å². The van der Waals surface area contributed by atoms with Gasteiger partial charge in [0.05, 0.1) is 40.4 Å². The zero-order valence-corrected chi connectivity index (χ0v) is 19.5. The first-order chi connectivity index (χ1) is 14.6. The number of nitro groups is 1. The highest BCUT2D eigenvalue weighted by molar-refractivity contribution is 7.92. The average Bonchev–Trinajstić information content (AvgIpc) is 3.03. The number of hydrogen-bond donors (Lipinski definition) is 1. The first-order valence-corrected chi connectivity index (χ1v) is 11.0. The predicted octanol–water partition coefficient (Wildman–Crippen LogP) is 3.39. The molecule has 1 aromatic heterocycles. The van der Waals surface area contributed by atoms with E-state index in [2.05, 4.69) is 5.10 Å². The van der Waals surface area contributed by atoms with Crippen LogP contribution in [0.4, 0.5) is 11.4 Å². The summed E-state index contributed by atoms with van der Waals surface area (Å²) in [5, 5.41) is 26.2. The van der Waals surface area contributed by atoms with E-state index in [1.807, 2.05) is 26.8 Å². The second-order valence-electron chi connectivity index (χ2n) is 7.39. The van der Waals surface area contributed by atoms with Gasteiger partial charge in [0.1, 0.15) is 0 Å². The third-order valence-corrected chi connectivity index (χ3v) is 6.61. The van der Waals surface area contributed by atoms with Crippen LogP contribution in [0, 0.1) is 30.9 Å². The van der Waals surface area contributed by atoms with E-state index >= 15 is 0 Å². The Morgan fingerprint density at radius 2 is 1.78 bits per heavy atom. The molecule has 9 nitrogen and oxygen atoms in total. The van der Waals surface area contributed by atoms with Gasteiger partial charge in [-0.05, 0) is 45.0 Å². The van der Waals surface area contributed by atoms with E-state index in [0.29, 0.717) is 0 Å². The number of aliphatic hydroxyl groups is 1. The first-order valence-electron chi connectivity index (χ1n) is 9.61. The molecule has 1 atom stereocenters. The van der Waals surface area contributed by atoms with Crippen LogP contribution in [0.2, 0.25) is 0 Å². The molecule has 1 unspecified atom stereocenters. The highest BCUT2D eigenvalue weighted by Crippen LogP contribution is 2.27. The smallest absolute Gasteiger partial charge is 0.271 e. The first kappa shape index (κ1) is 25.3. The maximum Gasteiger partial charge on any atom is 0.271 e. The van der Waals surface area contributed by atoms with Crippen molar-refractivity contribution in [1.82, 2.24) is 9.78 Å². The van der Waals surface area contributed by atoms with E-state index in [0.717, 1.165) is 21.3 Å². The van der Waals surface area contributed by atoms with Crippen LogP contribution < -0.4 is 4.31 Å². The molecule has 3 aromatic rings. The van der Waals surface area contributed by atoms with Gasteiger partial charge < -0.3 is 5.11 Å². The quantitative estimate of drug-likeness (QED) is 0.390. The minimum atomic E-state index is -4.08. The molecule has 0 fully saturated rings. The lowest BCUT2D eigenvalue weighted by atomic mass is 10.2. The Labute approximate surface area is 192 Å². The summed E-state index contributed by atoms with van der Waals surface area (Å²) < 4.78 is 29.4. The Hall–Kier alpha value is -2.95. The molecule has 172 valence electrons. The summed E-state index contributed by atoms with van der Waals surface area (Å²) in [7, 11) is -4.08. The summed E-state index contributed by atoms with van der Waals surface area (Å²) >= 11 is 0. The number of nitrogens with zero attached hydrogens (tertiary/aromatic N) is 4. The van der Waals surface area contributed by atoms with Crippen LogP contribution in [-0.4, -0.2) is 40.9 Å². The van der Waals surface area contributed by atoms with Crippen LogP contribution in [0.1, 0.15) is 17.0 Å². The summed E-state index contributed by atoms with van der Waals surface area (Å²) in [6.45, 7) is 5.29. The van der Waals surface area contributed by atoms with Crippen molar-refractivity contribution in [3.8, 4) is 0 Å². The van der Waals surface area contributed by atoms with E-state index in [4.69, 9.17) is 0 Å². The fraction of sp³-hybridized carbons (Fsp3) is 0.286. The zero-order chi connectivity index (χ0) is 22.8. The predicted molar refractivity (Wildman–Crippen MR) is 124 cm³/mol. The van der Waals surface area contributed by atoms with Crippen molar-refractivity contribution in [1.29, 1.82) is 0 Å². The minimum Gasteiger partial charge on any atom is -0.389 e. The lowest BCUT2D eigenvalue weighted by molar-refractivity contribution is -0.384. The Balaban J connectivity index is 0.00000363. The van der Waals surface area contributed by atoms with Gasteiger partial charge in [-0.25, -0.2) is 8.42 Å². The lowest BCUT2D eigenvalue weighted by Crippen LogP contribution is -2.39. The maximum atomic E-state index is 13.4. The Morgan fingerprint density at radius 3 is 2.34 bits per heavy atom. The van der Waals surface area contributed by atoms with Crippen molar-refractivity contribution < 1.29 is 18.4 Å². The monoisotopic (exact) mass is 480 g/mol. The van der Waals surface area contributed by atoms with Gasteiger partial charge in [-0.15, -0.1) is 12.4 Å². The van der Waals surface area contributed by atoms with Gasteiger partial charge in [0, 0.05) is 17.8 Å². The molecule has 0 saturated carbocycles. The topological polar surface area (TPSA) is 119 Å². The molecule has 11 heteroatoms. The van der Waals surface area contributed by atoms with E-state index in [-0.39, 0.29) is 41.8 Å². The molecule has 1 heterocycles. The Morgan fingerprint density at radius 1 is 1.12 bits per heavy atom. The number of aliphatic hydroxyl groups excluding tert-OH is 1. The number of aryl methyl sites for hydroxylation is 3. The molecular weight excluding hydrogens is 456 g/mol. The highest BCUT2D eigenvalue weighted by Gasteiger charge is 2.28. The van der Waals surface area contributed by atoms with Gasteiger partial charge in [0.15, 0.2) is 0 Å². The maximum absolute atomic E-state index is 13.4. The molecule has 32 heavy (non-hydrogen) atoms. The van der Waals surface area contributed by atoms with Gasteiger partial charge in [-0.2, -0.15) is 5.10 Å². The minimum absolute atomic E-state index is 0. The van der Waals surface area contributed by atoms with Gasteiger partial charge in [0.25, 0.3) is 15.7 Å². The normalized spacial score (nSPS) is 12.1. The molecule has 1 N–H and O–H groups in total. The van der Waals surface area contributed by atoms with Crippen LogP contribution in [0.3, 0.4) is 0 Å². The number of non-ortho nitro benzene ring substituents is 1. The largest absolute Gasteiger partial charge is 0.389 e. The summed E-state index contributed by atoms with van der Waals surface area (Å²) in [6.07, 6.45) is -1.10. The number of sulfonamides is 1. The second kappa shape index (κ2) is 10.1. The molecule has 0 bridgehead atoms. The molecule has 0 aliphatic rings. The third kappa shape index (κ3) is 5.64. The molecule has 2 aromatic carbocycles. The van der Waals surface area contributed by atoms with Crippen molar-refractivity contribution >= 4 is 33.8 Å². The molecule has 0 radical (unpaired) electrons. The van der Waals surface area contributed by atoms with Crippen molar-refractivity contribution in [2.75, 3.05) is 10.8 Å². The number of rotatable bonds is 8. The van der Waals surface area contributed by atoms with Crippen LogP contribution in [-0.2, 0) is 16.6 Å². The summed E-state index contributed by atoms with van der Waals surface area (Å²) in [6, 6.07) is 13.5. The van der Waals surface area contributed by atoms with Gasteiger partial charge in [-0.1, -0.05) is 23.8 Å². The number of nitro benzene ring substituents is 1. The summed E-state index contributed by atoms with van der Waals surface area (Å²) in [5.74, 6) is 0. The summed E-state index contributed by atoms with van der Waals surface area (Å²) in [4.78, 5) is 10.7. The van der Waals surface area contributed by atoms with Crippen molar-refractivity contribution in [2.24, 2.45) is 0 Å². The van der Waals surface area contributed by atoms with E-state index < -0.39 is 21.1 Å². The molecular formula is C21H25ClN4O5S.